The van der Waals surface area contributed by atoms with Crippen LogP contribution in [0.2, 0.25) is 0 Å². The predicted octanol–water partition coefficient (Wildman–Crippen LogP) is 8.15. The third-order valence-corrected chi connectivity index (χ3v) is 6.48. The van der Waals surface area contributed by atoms with E-state index in [1.165, 1.54) is 49.4 Å². The molecule has 0 fully saturated rings. The topological polar surface area (TPSA) is 9.23 Å². The van der Waals surface area contributed by atoms with Crippen LogP contribution >= 0.6 is 0 Å². The van der Waals surface area contributed by atoms with Gasteiger partial charge in [-0.3, -0.25) is 0 Å². The van der Waals surface area contributed by atoms with E-state index in [9.17, 15) is 0 Å². The zero-order valence-corrected chi connectivity index (χ0v) is 18.9. The Morgan fingerprint density at radius 3 is 1.73 bits per heavy atom. The van der Waals surface area contributed by atoms with E-state index in [0.29, 0.717) is 6.61 Å². The van der Waals surface area contributed by atoms with Crippen LogP contribution in [0.5, 0.6) is 5.75 Å². The van der Waals surface area contributed by atoms with Gasteiger partial charge >= 0.3 is 0 Å². The SMILES string of the molecule is CC(C)(C)c1ccc2c3c(ccc2c1)-c1ccc2cc(C(C)(C)C)ccc2c1OC3. The number of ether oxygens (including phenoxy) is 1. The van der Waals surface area contributed by atoms with E-state index in [4.69, 9.17) is 4.74 Å². The summed E-state index contributed by atoms with van der Waals surface area (Å²) < 4.78 is 6.39. The molecule has 0 aliphatic carbocycles. The van der Waals surface area contributed by atoms with Gasteiger partial charge in [-0.25, -0.2) is 0 Å². The van der Waals surface area contributed by atoms with Crippen molar-refractivity contribution in [3.63, 3.8) is 0 Å². The average molecular weight is 395 g/mol. The molecule has 4 aromatic carbocycles. The highest BCUT2D eigenvalue weighted by Gasteiger charge is 2.23. The van der Waals surface area contributed by atoms with Crippen molar-refractivity contribution in [2.75, 3.05) is 0 Å². The Labute approximate surface area is 179 Å². The number of hydrogen-bond acceptors (Lipinski definition) is 1. The second kappa shape index (κ2) is 6.35. The van der Waals surface area contributed by atoms with Gasteiger partial charge < -0.3 is 4.74 Å². The number of benzene rings is 4. The number of rotatable bonds is 0. The van der Waals surface area contributed by atoms with Gasteiger partial charge in [0.05, 0.1) is 0 Å². The summed E-state index contributed by atoms with van der Waals surface area (Å²) in [4.78, 5) is 0. The first-order valence-electron chi connectivity index (χ1n) is 10.9. The Balaban J connectivity index is 1.68. The van der Waals surface area contributed by atoms with E-state index < -0.39 is 0 Å². The first-order chi connectivity index (χ1) is 14.1. The van der Waals surface area contributed by atoms with Crippen LogP contribution in [0.4, 0.5) is 0 Å². The summed E-state index contributed by atoms with van der Waals surface area (Å²) in [6, 6.07) is 22.7. The fourth-order valence-corrected chi connectivity index (χ4v) is 4.55. The summed E-state index contributed by atoms with van der Waals surface area (Å²) in [5.41, 5.74) is 6.81. The van der Waals surface area contributed by atoms with Crippen LogP contribution < -0.4 is 4.74 Å². The first-order valence-corrected chi connectivity index (χ1v) is 10.9. The molecule has 0 saturated heterocycles. The Morgan fingerprint density at radius 2 is 1.13 bits per heavy atom. The molecule has 0 unspecified atom stereocenters. The van der Waals surface area contributed by atoms with Crippen LogP contribution in [0.25, 0.3) is 32.7 Å². The second-order valence-electron chi connectivity index (χ2n) is 10.7. The molecule has 0 bridgehead atoms. The molecular weight excluding hydrogens is 364 g/mol. The monoisotopic (exact) mass is 394 g/mol. The number of fused-ring (bicyclic) bond motifs is 7. The molecule has 0 spiro atoms. The van der Waals surface area contributed by atoms with Crippen molar-refractivity contribution in [2.24, 2.45) is 0 Å². The normalized spacial score (nSPS) is 13.8. The highest BCUT2D eigenvalue weighted by molar-refractivity contribution is 6.00. The lowest BCUT2D eigenvalue weighted by Crippen LogP contribution is -2.12. The van der Waals surface area contributed by atoms with E-state index in [1.54, 1.807) is 0 Å². The van der Waals surface area contributed by atoms with Gasteiger partial charge in [-0.15, -0.1) is 0 Å². The van der Waals surface area contributed by atoms with E-state index in [1.807, 2.05) is 0 Å². The minimum absolute atomic E-state index is 0.141. The van der Waals surface area contributed by atoms with Crippen molar-refractivity contribution in [1.82, 2.24) is 0 Å². The summed E-state index contributed by atoms with van der Waals surface area (Å²) in [6.45, 7) is 14.2. The molecule has 5 rings (SSSR count). The van der Waals surface area contributed by atoms with Crippen LogP contribution in [-0.4, -0.2) is 0 Å². The minimum atomic E-state index is 0.141. The molecule has 0 atom stereocenters. The molecule has 0 saturated carbocycles. The van der Waals surface area contributed by atoms with Crippen LogP contribution in [-0.2, 0) is 17.4 Å². The zero-order chi connectivity index (χ0) is 21.3. The third-order valence-electron chi connectivity index (χ3n) is 6.48. The summed E-state index contributed by atoms with van der Waals surface area (Å²) in [6.07, 6.45) is 0. The summed E-state index contributed by atoms with van der Waals surface area (Å²) >= 11 is 0. The molecule has 1 heterocycles. The Kier molecular flexibility index (Phi) is 4.06. The Bertz CT molecular complexity index is 1190. The van der Waals surface area contributed by atoms with Gasteiger partial charge in [-0.1, -0.05) is 102 Å². The maximum absolute atomic E-state index is 6.39. The van der Waals surface area contributed by atoms with Crippen molar-refractivity contribution in [2.45, 2.75) is 59.0 Å². The molecule has 0 N–H and O–H groups in total. The quantitative estimate of drug-likeness (QED) is 0.292. The molecule has 0 radical (unpaired) electrons. The van der Waals surface area contributed by atoms with Crippen molar-refractivity contribution in [3.05, 3.63) is 77.4 Å². The Morgan fingerprint density at radius 1 is 0.600 bits per heavy atom. The zero-order valence-electron chi connectivity index (χ0n) is 18.9. The van der Waals surface area contributed by atoms with E-state index >= 15 is 0 Å². The smallest absolute Gasteiger partial charge is 0.135 e. The lowest BCUT2D eigenvalue weighted by molar-refractivity contribution is 0.308. The molecule has 30 heavy (non-hydrogen) atoms. The predicted molar refractivity (Wildman–Crippen MR) is 129 cm³/mol. The van der Waals surface area contributed by atoms with Crippen molar-refractivity contribution in [3.8, 4) is 16.9 Å². The molecule has 0 aromatic heterocycles. The van der Waals surface area contributed by atoms with Crippen molar-refractivity contribution in [1.29, 1.82) is 0 Å². The van der Waals surface area contributed by atoms with Gasteiger partial charge in [0.15, 0.2) is 0 Å². The van der Waals surface area contributed by atoms with E-state index in [-0.39, 0.29) is 10.8 Å². The van der Waals surface area contributed by atoms with Gasteiger partial charge in [-0.05, 0) is 43.7 Å². The molecule has 4 aromatic rings. The highest BCUT2D eigenvalue weighted by Crippen LogP contribution is 2.45. The van der Waals surface area contributed by atoms with Gasteiger partial charge in [0.1, 0.15) is 12.4 Å². The second-order valence-corrected chi connectivity index (χ2v) is 10.7. The maximum Gasteiger partial charge on any atom is 0.135 e. The third kappa shape index (κ3) is 2.99. The fourth-order valence-electron chi connectivity index (χ4n) is 4.55. The first kappa shape index (κ1) is 19.2. The fraction of sp³-hybridized carbons (Fsp3) is 0.310. The van der Waals surface area contributed by atoms with Gasteiger partial charge in [-0.2, -0.15) is 0 Å². The molecular formula is C29H30O. The Hall–Kier alpha value is -2.80. The summed E-state index contributed by atoms with van der Waals surface area (Å²) in [7, 11) is 0. The number of hydrogen-bond donors (Lipinski definition) is 0. The van der Waals surface area contributed by atoms with Crippen LogP contribution in [0.3, 0.4) is 0 Å². The standard InChI is InChI=1S/C29H30O/c1-28(2,3)20-9-13-22-18(15-20)7-11-24-25-12-8-19-16-21(29(4,5)6)10-14-23(19)27(25)30-17-26(22)24/h7-16H,17H2,1-6H3. The molecule has 0 amide bonds. The largest absolute Gasteiger partial charge is 0.488 e. The molecule has 152 valence electrons. The molecule has 1 aliphatic rings. The van der Waals surface area contributed by atoms with Crippen LogP contribution in [0.1, 0.15) is 58.2 Å². The van der Waals surface area contributed by atoms with Crippen LogP contribution in [0, 0.1) is 0 Å². The molecule has 1 aliphatic heterocycles. The lowest BCUT2D eigenvalue weighted by atomic mass is 9.83. The maximum atomic E-state index is 6.39. The highest BCUT2D eigenvalue weighted by atomic mass is 16.5. The summed E-state index contributed by atoms with van der Waals surface area (Å²) in [5.74, 6) is 1.02. The summed E-state index contributed by atoms with van der Waals surface area (Å²) in [5, 5.41) is 5.05. The van der Waals surface area contributed by atoms with Gasteiger partial charge in [0, 0.05) is 16.5 Å². The van der Waals surface area contributed by atoms with Gasteiger partial charge in [0.2, 0.25) is 0 Å². The average Bonchev–Trinajstić information content (AvgIpc) is 2.70. The molecule has 1 nitrogen and oxygen atoms in total. The van der Waals surface area contributed by atoms with Gasteiger partial charge in [0.25, 0.3) is 0 Å². The van der Waals surface area contributed by atoms with E-state index in [0.717, 1.165) is 5.75 Å². The van der Waals surface area contributed by atoms with Crippen molar-refractivity contribution < 1.29 is 4.74 Å². The lowest BCUT2D eigenvalue weighted by Gasteiger charge is -2.26. The van der Waals surface area contributed by atoms with E-state index in [2.05, 4.69) is 102 Å². The molecule has 1 heteroatoms. The van der Waals surface area contributed by atoms with Crippen LogP contribution in [0.15, 0.2) is 60.7 Å². The minimum Gasteiger partial charge on any atom is -0.488 e. The van der Waals surface area contributed by atoms with Crippen molar-refractivity contribution >= 4 is 21.5 Å².